The topological polar surface area (TPSA) is 66.4 Å². The van der Waals surface area contributed by atoms with Crippen LogP contribution in [0.1, 0.15) is 36.9 Å². The summed E-state index contributed by atoms with van der Waals surface area (Å²) in [6.07, 6.45) is 0.815. The molecule has 2 rings (SSSR count). The molecule has 1 amide bonds. The maximum atomic E-state index is 11.9. The van der Waals surface area contributed by atoms with Crippen molar-refractivity contribution in [3.05, 3.63) is 35.4 Å². The zero-order valence-corrected chi connectivity index (χ0v) is 11.2. The van der Waals surface area contributed by atoms with E-state index in [0.717, 1.165) is 17.5 Å². The molecular weight excluding hydrogens is 242 g/mol. The minimum atomic E-state index is -0.908. The highest BCUT2D eigenvalue weighted by atomic mass is 16.4. The molecule has 4 heteroatoms. The highest BCUT2D eigenvalue weighted by molar-refractivity contribution is 5.82. The molecule has 0 aromatic heterocycles. The Bertz CT molecular complexity index is 481. The fourth-order valence-electron chi connectivity index (χ4n) is 2.19. The maximum Gasteiger partial charge on any atom is 0.305 e. The molecule has 0 saturated heterocycles. The van der Waals surface area contributed by atoms with Gasteiger partial charge in [-0.05, 0) is 24.8 Å². The second-order valence-electron chi connectivity index (χ2n) is 5.39. The summed E-state index contributed by atoms with van der Waals surface area (Å²) in [5.41, 5.74) is 1.95. The highest BCUT2D eigenvalue weighted by Gasteiger charge is 2.39. The van der Waals surface area contributed by atoms with Crippen LogP contribution in [0.3, 0.4) is 0 Å². The van der Waals surface area contributed by atoms with Gasteiger partial charge in [0.2, 0.25) is 5.91 Å². The summed E-state index contributed by atoms with van der Waals surface area (Å²) in [7, 11) is 0. The molecule has 1 aliphatic carbocycles. The first-order valence-corrected chi connectivity index (χ1v) is 6.56. The normalized spacial score (nSPS) is 22.6. The number of aliphatic carboxylic acids is 1. The lowest BCUT2D eigenvalue weighted by molar-refractivity contribution is -0.137. The number of carbonyl (C=O) groups excluding carboxylic acids is 1. The summed E-state index contributed by atoms with van der Waals surface area (Å²) < 4.78 is 0. The fourth-order valence-corrected chi connectivity index (χ4v) is 2.19. The van der Waals surface area contributed by atoms with Crippen LogP contribution in [0.25, 0.3) is 0 Å². The highest BCUT2D eigenvalue weighted by Crippen LogP contribution is 2.38. The van der Waals surface area contributed by atoms with Crippen molar-refractivity contribution < 1.29 is 14.7 Å². The molecule has 4 nitrogen and oxygen atoms in total. The minimum absolute atomic E-state index is 0.0284. The Kier molecular flexibility index (Phi) is 3.88. The number of amides is 1. The molecule has 1 aromatic carbocycles. The van der Waals surface area contributed by atoms with Crippen molar-refractivity contribution in [1.29, 1.82) is 0 Å². The van der Waals surface area contributed by atoms with Crippen molar-refractivity contribution >= 4 is 11.9 Å². The smallest absolute Gasteiger partial charge is 0.305 e. The molecule has 0 spiro atoms. The lowest BCUT2D eigenvalue weighted by Crippen LogP contribution is -2.31. The van der Waals surface area contributed by atoms with Gasteiger partial charge in [0.1, 0.15) is 0 Å². The summed E-state index contributed by atoms with van der Waals surface area (Å²) >= 11 is 0. The van der Waals surface area contributed by atoms with Gasteiger partial charge in [-0.25, -0.2) is 0 Å². The number of hydrogen-bond acceptors (Lipinski definition) is 2. The quantitative estimate of drug-likeness (QED) is 0.854. The molecule has 0 aliphatic heterocycles. The first kappa shape index (κ1) is 13.6. The SMILES string of the molecule is Cc1ccc([C@H](CC(=O)O)NC(=O)[C@@H]2C[C@H]2C)cc1. The lowest BCUT2D eigenvalue weighted by atomic mass is 10.0. The largest absolute Gasteiger partial charge is 0.481 e. The minimum Gasteiger partial charge on any atom is -0.481 e. The molecule has 2 N–H and O–H groups in total. The van der Waals surface area contributed by atoms with Crippen LogP contribution >= 0.6 is 0 Å². The van der Waals surface area contributed by atoms with Crippen LogP contribution in [0.15, 0.2) is 24.3 Å². The molecule has 1 aliphatic rings. The Balaban J connectivity index is 2.09. The molecule has 0 heterocycles. The zero-order chi connectivity index (χ0) is 14.0. The van der Waals surface area contributed by atoms with E-state index in [1.807, 2.05) is 38.1 Å². The molecular formula is C15H19NO3. The second kappa shape index (κ2) is 5.43. The Labute approximate surface area is 112 Å². The Morgan fingerprint density at radius 1 is 1.37 bits per heavy atom. The third-order valence-electron chi connectivity index (χ3n) is 3.62. The van der Waals surface area contributed by atoms with Crippen molar-refractivity contribution in [3.8, 4) is 0 Å². The van der Waals surface area contributed by atoms with Crippen LogP contribution in [-0.2, 0) is 9.59 Å². The number of benzene rings is 1. The van der Waals surface area contributed by atoms with Gasteiger partial charge in [-0.3, -0.25) is 9.59 Å². The number of rotatable bonds is 5. The van der Waals surface area contributed by atoms with Crippen molar-refractivity contribution in [2.75, 3.05) is 0 Å². The van der Waals surface area contributed by atoms with Gasteiger partial charge in [0.25, 0.3) is 0 Å². The summed E-state index contributed by atoms with van der Waals surface area (Å²) in [5, 5.41) is 11.8. The van der Waals surface area contributed by atoms with Crippen molar-refractivity contribution in [2.24, 2.45) is 11.8 Å². The third-order valence-corrected chi connectivity index (χ3v) is 3.62. The molecule has 3 atom stereocenters. The third kappa shape index (κ3) is 3.56. The molecule has 102 valence electrons. The van der Waals surface area contributed by atoms with E-state index in [4.69, 9.17) is 5.11 Å². The summed E-state index contributed by atoms with van der Waals surface area (Å²) in [6.45, 7) is 4.00. The fraction of sp³-hybridized carbons (Fsp3) is 0.467. The first-order valence-electron chi connectivity index (χ1n) is 6.56. The Hall–Kier alpha value is -1.84. The summed E-state index contributed by atoms with van der Waals surface area (Å²) in [6, 6.07) is 7.16. The van der Waals surface area contributed by atoms with Gasteiger partial charge in [-0.1, -0.05) is 36.8 Å². The number of carboxylic acids is 1. The molecule has 1 aromatic rings. The van der Waals surface area contributed by atoms with Crippen molar-refractivity contribution in [2.45, 2.75) is 32.7 Å². The molecule has 0 unspecified atom stereocenters. The van der Waals surface area contributed by atoms with E-state index < -0.39 is 12.0 Å². The predicted molar refractivity (Wildman–Crippen MR) is 71.6 cm³/mol. The van der Waals surface area contributed by atoms with E-state index in [2.05, 4.69) is 5.32 Å². The molecule has 0 radical (unpaired) electrons. The van der Waals surface area contributed by atoms with E-state index in [1.165, 1.54) is 0 Å². The predicted octanol–water partition coefficient (Wildman–Crippen LogP) is 2.28. The van der Waals surface area contributed by atoms with E-state index in [-0.39, 0.29) is 18.2 Å². The number of aryl methyl sites for hydroxylation is 1. The Morgan fingerprint density at radius 3 is 2.42 bits per heavy atom. The monoisotopic (exact) mass is 261 g/mol. The van der Waals surface area contributed by atoms with Gasteiger partial charge >= 0.3 is 5.97 Å². The molecule has 19 heavy (non-hydrogen) atoms. The van der Waals surface area contributed by atoms with Gasteiger partial charge in [0, 0.05) is 5.92 Å². The van der Waals surface area contributed by atoms with Crippen LogP contribution in [-0.4, -0.2) is 17.0 Å². The van der Waals surface area contributed by atoms with Gasteiger partial charge in [-0.2, -0.15) is 0 Å². The average Bonchev–Trinajstić information content (AvgIpc) is 3.06. The standard InChI is InChI=1S/C15H19NO3/c1-9-3-5-11(6-4-9)13(8-14(17)18)16-15(19)12-7-10(12)2/h3-6,10,12-13H,7-8H2,1-2H3,(H,16,19)(H,17,18)/t10-,12-,13+/m1/s1. The lowest BCUT2D eigenvalue weighted by Gasteiger charge is -2.17. The molecule has 0 bridgehead atoms. The van der Waals surface area contributed by atoms with E-state index in [0.29, 0.717) is 5.92 Å². The van der Waals surface area contributed by atoms with E-state index >= 15 is 0 Å². The number of hydrogen-bond donors (Lipinski definition) is 2. The second-order valence-corrected chi connectivity index (χ2v) is 5.39. The van der Waals surface area contributed by atoms with Crippen LogP contribution in [0.4, 0.5) is 0 Å². The number of carbonyl (C=O) groups is 2. The van der Waals surface area contributed by atoms with Crippen LogP contribution in [0.2, 0.25) is 0 Å². The van der Waals surface area contributed by atoms with Gasteiger partial charge < -0.3 is 10.4 Å². The number of nitrogens with one attached hydrogen (secondary N) is 1. The van der Waals surface area contributed by atoms with Crippen LogP contribution in [0, 0.1) is 18.8 Å². The van der Waals surface area contributed by atoms with E-state index in [1.54, 1.807) is 0 Å². The Morgan fingerprint density at radius 2 is 1.95 bits per heavy atom. The first-order chi connectivity index (χ1) is 8.97. The van der Waals surface area contributed by atoms with Gasteiger partial charge in [0.15, 0.2) is 0 Å². The van der Waals surface area contributed by atoms with Gasteiger partial charge in [0.05, 0.1) is 12.5 Å². The summed E-state index contributed by atoms with van der Waals surface area (Å²) in [4.78, 5) is 22.9. The van der Waals surface area contributed by atoms with Crippen LogP contribution in [0.5, 0.6) is 0 Å². The van der Waals surface area contributed by atoms with E-state index in [9.17, 15) is 9.59 Å². The zero-order valence-electron chi connectivity index (χ0n) is 11.2. The molecule has 1 fully saturated rings. The molecule has 1 saturated carbocycles. The van der Waals surface area contributed by atoms with Crippen molar-refractivity contribution in [1.82, 2.24) is 5.32 Å². The summed E-state index contributed by atoms with van der Waals surface area (Å²) in [5.74, 6) is -0.459. The average molecular weight is 261 g/mol. The maximum absolute atomic E-state index is 11.9. The van der Waals surface area contributed by atoms with Gasteiger partial charge in [-0.15, -0.1) is 0 Å². The number of carboxylic acid groups (broad SMARTS) is 1. The van der Waals surface area contributed by atoms with Crippen molar-refractivity contribution in [3.63, 3.8) is 0 Å². The van der Waals surface area contributed by atoms with Crippen LogP contribution < -0.4 is 5.32 Å².